The summed E-state index contributed by atoms with van der Waals surface area (Å²) in [4.78, 5) is 10.7. The summed E-state index contributed by atoms with van der Waals surface area (Å²) in [6.07, 6.45) is 2.56. The Morgan fingerprint density at radius 1 is 0.933 bits per heavy atom. The topological polar surface area (TPSA) is 62.5 Å². The van der Waals surface area contributed by atoms with E-state index in [1.54, 1.807) is 12.3 Å². The van der Waals surface area contributed by atoms with E-state index < -0.39 is 12.6 Å². The van der Waals surface area contributed by atoms with Gasteiger partial charge < -0.3 is 19.1 Å². The summed E-state index contributed by atoms with van der Waals surface area (Å²) in [5, 5.41) is 11.9. The van der Waals surface area contributed by atoms with Crippen LogP contribution in [0.5, 0.6) is 5.75 Å². The van der Waals surface area contributed by atoms with E-state index in [-0.39, 0.29) is 5.25 Å². The fraction of sp³-hybridized carbons (Fsp3) is 0.160. The highest BCUT2D eigenvalue weighted by atomic mass is 32.2. The quantitative estimate of drug-likeness (QED) is 0.397. The van der Waals surface area contributed by atoms with Crippen LogP contribution >= 0.6 is 11.8 Å². The van der Waals surface area contributed by atoms with Gasteiger partial charge in [-0.1, -0.05) is 72.8 Å². The molecule has 0 bridgehead atoms. The van der Waals surface area contributed by atoms with Crippen LogP contribution in [-0.4, -0.2) is 18.3 Å². The van der Waals surface area contributed by atoms with Crippen molar-refractivity contribution in [2.24, 2.45) is 0 Å². The first-order valence-corrected chi connectivity index (χ1v) is 10.8. The van der Waals surface area contributed by atoms with Crippen LogP contribution in [0.4, 0.5) is 0 Å². The number of carboxylic acids is 1. The van der Waals surface area contributed by atoms with Crippen LogP contribution < -0.4 is 9.84 Å². The Labute approximate surface area is 179 Å². The van der Waals surface area contributed by atoms with E-state index in [9.17, 15) is 9.90 Å². The summed E-state index contributed by atoms with van der Waals surface area (Å²) in [6, 6.07) is 26.5. The average Bonchev–Trinajstić information content (AvgIpc) is 3.20. The van der Waals surface area contributed by atoms with Gasteiger partial charge in [-0.3, -0.25) is 0 Å². The number of ether oxygens (including phenoxy) is 1. The number of para-hydroxylation sites is 1. The molecule has 0 aliphatic rings. The van der Waals surface area contributed by atoms with Gasteiger partial charge in [0.1, 0.15) is 6.61 Å². The molecule has 0 spiro atoms. The maximum atomic E-state index is 10.7. The number of carboxylic acid groups (broad SMARTS) is 1. The van der Waals surface area contributed by atoms with Gasteiger partial charge in [0.05, 0.1) is 17.5 Å². The van der Waals surface area contributed by atoms with E-state index in [0.717, 1.165) is 23.1 Å². The molecule has 0 saturated heterocycles. The third-order valence-corrected chi connectivity index (χ3v) is 6.17. The number of thioether (sulfide) groups is 1. The van der Waals surface area contributed by atoms with Gasteiger partial charge in [-0.05, 0) is 34.9 Å². The fourth-order valence-electron chi connectivity index (χ4n) is 3.46. The lowest BCUT2D eigenvalue weighted by Gasteiger charge is -2.17. The molecule has 4 rings (SSSR count). The SMILES string of the molecule is O=C([O-])COc1cccc2c(CCSC(c3ccccc3)c3ccccc3)coc12. The predicted octanol–water partition coefficient (Wildman–Crippen LogP) is 4.63. The van der Waals surface area contributed by atoms with E-state index >= 15 is 0 Å². The monoisotopic (exact) mass is 417 g/mol. The molecular formula is C25H21O4S-. The highest BCUT2D eigenvalue weighted by Crippen LogP contribution is 2.37. The van der Waals surface area contributed by atoms with Crippen LogP contribution in [-0.2, 0) is 11.2 Å². The Morgan fingerprint density at radius 2 is 1.60 bits per heavy atom. The molecule has 0 amide bonds. The standard InChI is InChI=1S/C25H22O4S/c26-23(27)17-28-22-13-7-12-21-20(16-29-24(21)22)14-15-30-25(18-8-3-1-4-9-18)19-10-5-2-6-11-19/h1-13,16,25H,14-15,17H2,(H,26,27)/p-1. The first-order valence-electron chi connectivity index (χ1n) is 9.75. The van der Waals surface area contributed by atoms with Crippen molar-refractivity contribution in [1.82, 2.24) is 0 Å². The van der Waals surface area contributed by atoms with Gasteiger partial charge in [0, 0.05) is 5.39 Å². The molecule has 0 atom stereocenters. The van der Waals surface area contributed by atoms with Crippen LogP contribution in [0.25, 0.3) is 11.0 Å². The number of aliphatic carboxylic acids is 1. The Balaban J connectivity index is 1.49. The van der Waals surface area contributed by atoms with Crippen molar-refractivity contribution in [3.05, 3.63) is 102 Å². The van der Waals surface area contributed by atoms with E-state index in [1.807, 2.05) is 36.0 Å². The van der Waals surface area contributed by atoms with Gasteiger partial charge >= 0.3 is 0 Å². The van der Waals surface area contributed by atoms with Crippen LogP contribution in [0.1, 0.15) is 21.9 Å². The molecule has 0 aliphatic heterocycles. The molecule has 4 nitrogen and oxygen atoms in total. The summed E-state index contributed by atoms with van der Waals surface area (Å²) in [5.74, 6) is 0.0674. The third kappa shape index (κ3) is 4.69. The molecule has 0 unspecified atom stereocenters. The molecule has 1 aromatic heterocycles. The predicted molar refractivity (Wildman–Crippen MR) is 118 cm³/mol. The zero-order valence-corrected chi connectivity index (χ0v) is 17.1. The van der Waals surface area contributed by atoms with E-state index in [4.69, 9.17) is 9.15 Å². The summed E-state index contributed by atoms with van der Waals surface area (Å²) in [6.45, 7) is -0.499. The minimum atomic E-state index is -1.26. The molecule has 0 radical (unpaired) electrons. The van der Waals surface area contributed by atoms with Crippen molar-refractivity contribution in [2.75, 3.05) is 12.4 Å². The average molecular weight is 418 g/mol. The smallest absolute Gasteiger partial charge is 0.175 e. The lowest BCUT2D eigenvalue weighted by Crippen LogP contribution is -2.28. The third-order valence-electron chi connectivity index (χ3n) is 4.85. The van der Waals surface area contributed by atoms with Gasteiger partial charge in [-0.2, -0.15) is 0 Å². The Bertz CT molecular complexity index is 1070. The van der Waals surface area contributed by atoms with Crippen LogP contribution in [0, 0.1) is 0 Å². The maximum absolute atomic E-state index is 10.7. The molecule has 4 aromatic rings. The number of hydrogen-bond donors (Lipinski definition) is 0. The number of carbonyl (C=O) groups is 1. The highest BCUT2D eigenvalue weighted by Gasteiger charge is 2.16. The van der Waals surface area contributed by atoms with E-state index in [1.165, 1.54) is 11.1 Å². The van der Waals surface area contributed by atoms with Crippen LogP contribution in [0.2, 0.25) is 0 Å². The number of furan rings is 1. The minimum Gasteiger partial charge on any atom is -0.546 e. The van der Waals surface area contributed by atoms with Crippen molar-refractivity contribution >= 4 is 28.7 Å². The first kappa shape index (κ1) is 20.1. The lowest BCUT2D eigenvalue weighted by molar-refractivity contribution is -0.307. The molecule has 0 aliphatic carbocycles. The Hall–Kier alpha value is -3.18. The van der Waals surface area contributed by atoms with E-state index in [2.05, 4.69) is 48.5 Å². The Kier molecular flexibility index (Phi) is 6.40. The van der Waals surface area contributed by atoms with Gasteiger partial charge in [0.2, 0.25) is 0 Å². The zero-order valence-electron chi connectivity index (χ0n) is 16.3. The van der Waals surface area contributed by atoms with Crippen LogP contribution in [0.3, 0.4) is 0 Å². The summed E-state index contributed by atoms with van der Waals surface area (Å²) in [5.41, 5.74) is 4.21. The second-order valence-electron chi connectivity index (χ2n) is 6.88. The van der Waals surface area contributed by atoms with Crippen molar-refractivity contribution in [2.45, 2.75) is 11.7 Å². The summed E-state index contributed by atoms with van der Waals surface area (Å²) in [7, 11) is 0. The lowest BCUT2D eigenvalue weighted by atomic mass is 10.0. The largest absolute Gasteiger partial charge is 0.546 e. The number of fused-ring (bicyclic) bond motifs is 1. The van der Waals surface area contributed by atoms with E-state index in [0.29, 0.717) is 11.3 Å². The highest BCUT2D eigenvalue weighted by molar-refractivity contribution is 7.99. The molecule has 30 heavy (non-hydrogen) atoms. The van der Waals surface area contributed by atoms with Gasteiger partial charge in [-0.15, -0.1) is 11.8 Å². The molecule has 5 heteroatoms. The van der Waals surface area contributed by atoms with Crippen molar-refractivity contribution in [3.8, 4) is 5.75 Å². The second kappa shape index (κ2) is 9.55. The zero-order chi connectivity index (χ0) is 20.8. The molecular weight excluding hydrogens is 396 g/mol. The molecule has 152 valence electrons. The number of aryl methyl sites for hydroxylation is 1. The number of benzene rings is 3. The number of hydrogen-bond acceptors (Lipinski definition) is 5. The number of carbonyl (C=O) groups excluding carboxylic acids is 1. The van der Waals surface area contributed by atoms with Gasteiger partial charge in [-0.25, -0.2) is 0 Å². The molecule has 0 fully saturated rings. The van der Waals surface area contributed by atoms with Crippen LogP contribution in [0.15, 0.2) is 89.5 Å². The molecule has 0 saturated carbocycles. The Morgan fingerprint density at radius 3 is 2.23 bits per heavy atom. The number of rotatable bonds is 9. The maximum Gasteiger partial charge on any atom is 0.175 e. The van der Waals surface area contributed by atoms with Crippen molar-refractivity contribution in [3.63, 3.8) is 0 Å². The molecule has 1 heterocycles. The van der Waals surface area contributed by atoms with Crippen molar-refractivity contribution in [1.29, 1.82) is 0 Å². The summed E-state index contributed by atoms with van der Waals surface area (Å²) >= 11 is 1.89. The normalized spacial score (nSPS) is 11.1. The van der Waals surface area contributed by atoms with Gasteiger partial charge in [0.25, 0.3) is 0 Å². The second-order valence-corrected chi connectivity index (χ2v) is 8.09. The molecule has 3 aromatic carbocycles. The van der Waals surface area contributed by atoms with Gasteiger partial charge in [0.15, 0.2) is 11.3 Å². The summed E-state index contributed by atoms with van der Waals surface area (Å²) < 4.78 is 11.0. The molecule has 0 N–H and O–H groups in total. The first-order chi connectivity index (χ1) is 14.7. The minimum absolute atomic E-state index is 0.257. The van der Waals surface area contributed by atoms with Crippen molar-refractivity contribution < 1.29 is 19.1 Å². The fourth-order valence-corrected chi connectivity index (χ4v) is 4.73.